The molecule has 0 aliphatic carbocycles. The summed E-state index contributed by atoms with van der Waals surface area (Å²) in [6.07, 6.45) is 5.02. The van der Waals surface area contributed by atoms with Crippen LogP contribution in [0.4, 0.5) is 0 Å². The van der Waals surface area contributed by atoms with Crippen molar-refractivity contribution >= 4 is 0 Å². The molecule has 0 fully saturated rings. The fourth-order valence-electron chi connectivity index (χ4n) is 2.38. The summed E-state index contributed by atoms with van der Waals surface area (Å²) >= 11 is 2.35. The number of rotatable bonds is 7. The van der Waals surface area contributed by atoms with E-state index < -0.39 is 0 Å². The van der Waals surface area contributed by atoms with E-state index in [-0.39, 0.29) is 0 Å². The van der Waals surface area contributed by atoms with E-state index in [1.165, 1.54) is 9.49 Å². The second-order valence-electron chi connectivity index (χ2n) is 5.34. The molecule has 1 N–H and O–H groups in total. The van der Waals surface area contributed by atoms with E-state index in [9.17, 15) is 0 Å². The molecule has 23 heavy (non-hydrogen) atoms. The predicted molar refractivity (Wildman–Crippen MR) is 84.8 cm³/mol. The molecular formula is C17H20N4OPt. The zero-order valence-electron chi connectivity index (χ0n) is 13.0. The molecule has 0 saturated heterocycles. The Morgan fingerprint density at radius 1 is 1.17 bits per heavy atom. The van der Waals surface area contributed by atoms with E-state index in [2.05, 4.69) is 81.4 Å². The van der Waals surface area contributed by atoms with Crippen molar-refractivity contribution in [2.45, 2.75) is 19.9 Å². The number of aryl methyl sites for hydroxylation is 1. The Morgan fingerprint density at radius 2 is 2.00 bits per heavy atom. The molecule has 0 unspecified atom stereocenters. The molecule has 124 valence electrons. The van der Waals surface area contributed by atoms with E-state index in [0.29, 0.717) is 13.2 Å². The number of benzene rings is 1. The van der Waals surface area contributed by atoms with Gasteiger partial charge < -0.3 is 0 Å². The number of nitrogens with one attached hydrogen (secondary N) is 1. The van der Waals surface area contributed by atoms with Crippen LogP contribution in [0.25, 0.3) is 5.69 Å². The molecule has 0 spiro atoms. The minimum absolute atomic E-state index is 0.695. The summed E-state index contributed by atoms with van der Waals surface area (Å²) in [5.41, 5.74) is 3.32. The maximum atomic E-state index is 5.73. The Morgan fingerprint density at radius 3 is 2.74 bits per heavy atom. The average molecular weight is 491 g/mol. The van der Waals surface area contributed by atoms with Gasteiger partial charge in [-0.2, -0.15) is 0 Å². The summed E-state index contributed by atoms with van der Waals surface area (Å²) < 4.78 is 11.3. The van der Waals surface area contributed by atoms with Crippen molar-refractivity contribution in [3.63, 3.8) is 0 Å². The van der Waals surface area contributed by atoms with E-state index in [4.69, 9.17) is 4.74 Å². The molecule has 3 aromatic rings. The first-order valence-electron chi connectivity index (χ1n) is 7.61. The van der Waals surface area contributed by atoms with Gasteiger partial charge in [-0.05, 0) is 0 Å². The third-order valence-corrected chi connectivity index (χ3v) is 4.77. The van der Waals surface area contributed by atoms with Crippen molar-refractivity contribution < 1.29 is 24.1 Å². The van der Waals surface area contributed by atoms with Crippen molar-refractivity contribution in [2.75, 3.05) is 13.2 Å². The minimum atomic E-state index is 0.695. The molecule has 0 aliphatic rings. The summed E-state index contributed by atoms with van der Waals surface area (Å²) in [5, 5.41) is 7.16. The van der Waals surface area contributed by atoms with Crippen molar-refractivity contribution in [1.29, 1.82) is 0 Å². The SMILES string of the molecule is Cc1cc(CCOCCn2ccn(-c3ccccc3)[c]2=[Pt])n[nH]1. The Labute approximate surface area is 146 Å². The van der Waals surface area contributed by atoms with E-state index in [1.54, 1.807) is 0 Å². The number of H-pyrrole nitrogens is 1. The Kier molecular flexibility index (Phi) is 5.42. The van der Waals surface area contributed by atoms with Crippen LogP contribution >= 0.6 is 0 Å². The van der Waals surface area contributed by atoms with Crippen molar-refractivity contribution in [3.8, 4) is 5.69 Å². The number of hydrogen-bond donors (Lipinski definition) is 1. The van der Waals surface area contributed by atoms with Crippen LogP contribution in [-0.4, -0.2) is 32.5 Å². The van der Waals surface area contributed by atoms with Gasteiger partial charge in [0.15, 0.2) is 0 Å². The van der Waals surface area contributed by atoms with Gasteiger partial charge in [-0.25, -0.2) is 0 Å². The Hall–Kier alpha value is -1.71. The van der Waals surface area contributed by atoms with Gasteiger partial charge in [0.2, 0.25) is 0 Å². The average Bonchev–Trinajstić information content (AvgIpc) is 3.14. The molecule has 6 heteroatoms. The fourth-order valence-corrected chi connectivity index (χ4v) is 3.26. The van der Waals surface area contributed by atoms with Gasteiger partial charge in [-0.3, -0.25) is 0 Å². The van der Waals surface area contributed by atoms with Crippen molar-refractivity contribution in [3.05, 3.63) is 64.0 Å². The Bertz CT molecular complexity index is 803. The molecule has 0 atom stereocenters. The molecule has 0 bridgehead atoms. The number of para-hydroxylation sites is 1. The van der Waals surface area contributed by atoms with Crippen LogP contribution in [0.5, 0.6) is 0 Å². The molecule has 5 nitrogen and oxygen atoms in total. The first kappa shape index (κ1) is 16.2. The third kappa shape index (κ3) is 4.18. The summed E-state index contributed by atoms with van der Waals surface area (Å²) in [4.78, 5) is 0. The van der Waals surface area contributed by atoms with Crippen LogP contribution in [0.2, 0.25) is 0 Å². The molecule has 1 aromatic carbocycles. The summed E-state index contributed by atoms with van der Waals surface area (Å²) in [6.45, 7) is 4.25. The molecule has 0 amide bonds. The van der Waals surface area contributed by atoms with Gasteiger partial charge in [-0.15, -0.1) is 0 Å². The molecule has 0 radical (unpaired) electrons. The normalized spacial score (nSPS) is 11.1. The third-order valence-electron chi connectivity index (χ3n) is 3.57. The summed E-state index contributed by atoms with van der Waals surface area (Å²) in [6, 6.07) is 12.4. The molecule has 2 aromatic heterocycles. The molecule has 2 heterocycles. The summed E-state index contributed by atoms with van der Waals surface area (Å²) in [5.74, 6) is 0. The van der Waals surface area contributed by atoms with Gasteiger partial charge >= 0.3 is 146 Å². The van der Waals surface area contributed by atoms with Gasteiger partial charge in [-0.1, -0.05) is 0 Å². The zero-order valence-corrected chi connectivity index (χ0v) is 15.3. The topological polar surface area (TPSA) is 47.8 Å². The molecule has 3 rings (SSSR count). The summed E-state index contributed by atoms with van der Waals surface area (Å²) in [7, 11) is 0. The van der Waals surface area contributed by atoms with E-state index in [1.807, 2.05) is 13.0 Å². The van der Waals surface area contributed by atoms with Crippen LogP contribution < -0.4 is 0 Å². The second-order valence-corrected chi connectivity index (χ2v) is 6.36. The van der Waals surface area contributed by atoms with E-state index in [0.717, 1.165) is 24.4 Å². The zero-order chi connectivity index (χ0) is 16.1. The molecule has 0 aliphatic heterocycles. The van der Waals surface area contributed by atoms with Crippen LogP contribution in [0.15, 0.2) is 48.8 Å². The first-order valence-corrected chi connectivity index (χ1v) is 8.75. The standard InChI is InChI=1S/C17H20N4O.Pt/c1-15-13-16(19-18-15)7-11-22-12-10-20-8-9-21(14-20)17-5-3-2-4-6-17;/h2-6,8-9,13H,7,10-12H2,1H3,(H,18,19);. The number of hydrogen-bond acceptors (Lipinski definition) is 2. The van der Waals surface area contributed by atoms with Crippen LogP contribution in [0.1, 0.15) is 11.4 Å². The number of aromatic nitrogens is 4. The Balaban J connectivity index is 1.49. The number of imidazole rings is 1. The quantitative estimate of drug-likeness (QED) is 0.517. The van der Waals surface area contributed by atoms with Crippen LogP contribution in [-0.2, 0) is 37.1 Å². The van der Waals surface area contributed by atoms with Crippen LogP contribution in [0, 0.1) is 10.7 Å². The fraction of sp³-hybridized carbons (Fsp3) is 0.294. The molecule has 0 saturated carbocycles. The maximum absolute atomic E-state index is 5.73. The monoisotopic (exact) mass is 491 g/mol. The predicted octanol–water partition coefficient (Wildman–Crippen LogP) is 2.65. The number of ether oxygens (including phenoxy) is 1. The van der Waals surface area contributed by atoms with Gasteiger partial charge in [0, 0.05) is 0 Å². The van der Waals surface area contributed by atoms with E-state index >= 15 is 0 Å². The molecular weight excluding hydrogens is 471 g/mol. The number of nitrogens with zero attached hydrogens (tertiary/aromatic N) is 3. The van der Waals surface area contributed by atoms with Gasteiger partial charge in [0.1, 0.15) is 0 Å². The van der Waals surface area contributed by atoms with Crippen molar-refractivity contribution in [1.82, 2.24) is 19.3 Å². The second kappa shape index (κ2) is 7.71. The van der Waals surface area contributed by atoms with Gasteiger partial charge in [0.05, 0.1) is 0 Å². The first-order chi connectivity index (χ1) is 11.2. The number of aromatic amines is 1. The van der Waals surface area contributed by atoms with Gasteiger partial charge in [0.25, 0.3) is 0 Å². The van der Waals surface area contributed by atoms with Crippen LogP contribution in [0.3, 0.4) is 0 Å². The van der Waals surface area contributed by atoms with Crippen molar-refractivity contribution in [2.24, 2.45) is 0 Å².